The van der Waals surface area contributed by atoms with Crippen molar-refractivity contribution in [2.24, 2.45) is 0 Å². The molecule has 1 N–H and O–H groups in total. The molecule has 1 aromatic heterocycles. The average molecular weight is 383 g/mol. The number of para-hydroxylation sites is 1. The number of nitrogens with zero attached hydrogens (tertiary/aromatic N) is 1. The van der Waals surface area contributed by atoms with Gasteiger partial charge in [0.05, 0.1) is 0 Å². The Labute approximate surface area is 169 Å². The summed E-state index contributed by atoms with van der Waals surface area (Å²) in [6, 6.07) is 10.9. The maximum atomic E-state index is 13.0. The van der Waals surface area contributed by atoms with E-state index in [1.54, 1.807) is 6.07 Å². The second kappa shape index (κ2) is 11.5. The number of hydrogen-bond donors (Lipinski definition) is 1. The number of rotatable bonds is 11. The van der Waals surface area contributed by atoms with Crippen molar-refractivity contribution in [2.75, 3.05) is 5.32 Å². The molecule has 0 bridgehead atoms. The van der Waals surface area contributed by atoms with Crippen LogP contribution in [0.2, 0.25) is 0 Å². The van der Waals surface area contributed by atoms with Gasteiger partial charge in [-0.2, -0.15) is 0 Å². The predicted octanol–water partition coefficient (Wildman–Crippen LogP) is 5.72. The molecular formula is C24H34N2O2. The Hall–Kier alpha value is -2.36. The minimum atomic E-state index is -0.301. The Morgan fingerprint density at radius 3 is 2.32 bits per heavy atom. The van der Waals surface area contributed by atoms with E-state index in [0.29, 0.717) is 11.3 Å². The lowest BCUT2D eigenvalue weighted by Crippen LogP contribution is -2.28. The van der Waals surface area contributed by atoms with Crippen LogP contribution < -0.4 is 10.7 Å². The number of pyridine rings is 1. The number of unbranched alkanes of at least 4 members (excludes halogenated alkanes) is 5. The van der Waals surface area contributed by atoms with E-state index in [9.17, 15) is 9.59 Å². The quantitative estimate of drug-likeness (QED) is 0.505. The van der Waals surface area contributed by atoms with E-state index in [-0.39, 0.29) is 11.3 Å². The van der Waals surface area contributed by atoms with Crippen LogP contribution >= 0.6 is 0 Å². The monoisotopic (exact) mass is 382 g/mol. The zero-order chi connectivity index (χ0) is 20.4. The second-order valence-electron chi connectivity index (χ2n) is 7.46. The fourth-order valence-corrected chi connectivity index (χ4v) is 3.60. The Morgan fingerprint density at radius 1 is 0.964 bits per heavy atom. The molecule has 0 fully saturated rings. The fraction of sp³-hybridized carbons (Fsp3) is 0.500. The summed E-state index contributed by atoms with van der Waals surface area (Å²) in [6.45, 7) is 7.20. The van der Waals surface area contributed by atoms with Gasteiger partial charge in [-0.3, -0.25) is 9.59 Å². The average Bonchev–Trinajstić information content (AvgIpc) is 2.67. The summed E-state index contributed by atoms with van der Waals surface area (Å²) < 4.78 is 2.20. The molecule has 0 aliphatic rings. The van der Waals surface area contributed by atoms with E-state index in [2.05, 4.69) is 23.7 Å². The highest BCUT2D eigenvalue weighted by Crippen LogP contribution is 2.17. The Morgan fingerprint density at radius 2 is 1.64 bits per heavy atom. The van der Waals surface area contributed by atoms with Crippen LogP contribution in [0.15, 0.2) is 41.2 Å². The molecule has 0 aliphatic heterocycles. The van der Waals surface area contributed by atoms with E-state index < -0.39 is 0 Å². The van der Waals surface area contributed by atoms with Gasteiger partial charge in [-0.25, -0.2) is 0 Å². The normalized spacial score (nSPS) is 10.8. The second-order valence-corrected chi connectivity index (χ2v) is 7.46. The lowest BCUT2D eigenvalue weighted by Gasteiger charge is -2.20. The first-order chi connectivity index (χ1) is 13.6. The summed E-state index contributed by atoms with van der Waals surface area (Å²) >= 11 is 0. The first-order valence-electron chi connectivity index (χ1n) is 10.7. The number of carbonyl (C=O) groups is 1. The zero-order valence-corrected chi connectivity index (χ0v) is 17.6. The molecule has 152 valence electrons. The third-order valence-corrected chi connectivity index (χ3v) is 5.14. The summed E-state index contributed by atoms with van der Waals surface area (Å²) in [7, 11) is 0. The van der Waals surface area contributed by atoms with Crippen LogP contribution in [0.3, 0.4) is 0 Å². The van der Waals surface area contributed by atoms with E-state index in [4.69, 9.17) is 0 Å². The highest BCUT2D eigenvalue weighted by Gasteiger charge is 2.20. The number of carbonyl (C=O) groups excluding carboxylic acids is 1. The molecular weight excluding hydrogens is 348 g/mol. The number of aromatic nitrogens is 1. The SMILES string of the molecule is CCCCCCn1c(C)cc(=O)c(C(=O)Nc2ccccc2)c1CCCCC. The van der Waals surface area contributed by atoms with Crippen molar-refractivity contribution in [1.82, 2.24) is 4.57 Å². The lowest BCUT2D eigenvalue weighted by atomic mass is 10.0. The van der Waals surface area contributed by atoms with Crippen LogP contribution in [0.4, 0.5) is 5.69 Å². The summed E-state index contributed by atoms with van der Waals surface area (Å²) in [5.74, 6) is -0.301. The van der Waals surface area contributed by atoms with Gasteiger partial charge in [0, 0.05) is 29.7 Å². The summed E-state index contributed by atoms with van der Waals surface area (Å²) in [5.41, 5.74) is 2.68. The minimum absolute atomic E-state index is 0.178. The topological polar surface area (TPSA) is 51.1 Å². The van der Waals surface area contributed by atoms with E-state index >= 15 is 0 Å². The Kier molecular flexibility index (Phi) is 8.99. The molecule has 0 unspecified atom stereocenters. The molecule has 0 aliphatic carbocycles. The number of aryl methyl sites for hydroxylation is 1. The van der Waals surface area contributed by atoms with Gasteiger partial charge >= 0.3 is 0 Å². The van der Waals surface area contributed by atoms with Gasteiger partial charge in [-0.1, -0.05) is 64.2 Å². The van der Waals surface area contributed by atoms with Gasteiger partial charge < -0.3 is 9.88 Å². The third-order valence-electron chi connectivity index (χ3n) is 5.14. The molecule has 2 rings (SSSR count). The van der Waals surface area contributed by atoms with E-state index in [1.165, 1.54) is 19.3 Å². The molecule has 4 heteroatoms. The largest absolute Gasteiger partial charge is 0.348 e. The van der Waals surface area contributed by atoms with Gasteiger partial charge in [0.15, 0.2) is 5.43 Å². The maximum absolute atomic E-state index is 13.0. The minimum Gasteiger partial charge on any atom is -0.348 e. The molecule has 2 aromatic rings. The standard InChI is InChI=1S/C24H34N2O2/c1-4-6-8-13-17-26-19(3)18-22(27)23(21(26)16-10-7-5-2)24(28)25-20-14-11-9-12-15-20/h9,11-12,14-15,18H,4-8,10,13,16-17H2,1-3H3,(H,25,28). The molecule has 4 nitrogen and oxygen atoms in total. The third kappa shape index (κ3) is 6.08. The van der Waals surface area contributed by atoms with Gasteiger partial charge in [0.2, 0.25) is 0 Å². The van der Waals surface area contributed by atoms with Crippen LogP contribution in [0, 0.1) is 6.92 Å². The first kappa shape index (κ1) is 21.9. The zero-order valence-electron chi connectivity index (χ0n) is 17.6. The number of hydrogen-bond acceptors (Lipinski definition) is 2. The van der Waals surface area contributed by atoms with Crippen molar-refractivity contribution < 1.29 is 4.79 Å². The number of nitrogens with one attached hydrogen (secondary N) is 1. The number of anilines is 1. The van der Waals surface area contributed by atoms with Gasteiger partial charge in [0.25, 0.3) is 5.91 Å². The van der Waals surface area contributed by atoms with Crippen LogP contribution in [0.1, 0.15) is 80.5 Å². The van der Waals surface area contributed by atoms with Crippen LogP contribution in [-0.2, 0) is 13.0 Å². The van der Waals surface area contributed by atoms with Crippen molar-refractivity contribution in [3.63, 3.8) is 0 Å². The molecule has 1 amide bonds. The number of benzene rings is 1. The van der Waals surface area contributed by atoms with Crippen molar-refractivity contribution in [3.8, 4) is 0 Å². The molecule has 28 heavy (non-hydrogen) atoms. The molecule has 0 saturated carbocycles. The predicted molar refractivity (Wildman–Crippen MR) is 117 cm³/mol. The number of amides is 1. The summed E-state index contributed by atoms with van der Waals surface area (Å²) in [6.07, 6.45) is 8.59. The smallest absolute Gasteiger partial charge is 0.261 e. The van der Waals surface area contributed by atoms with Crippen LogP contribution in [-0.4, -0.2) is 10.5 Å². The van der Waals surface area contributed by atoms with Crippen LogP contribution in [0.5, 0.6) is 0 Å². The molecule has 1 aromatic carbocycles. The van der Waals surface area contributed by atoms with Gasteiger partial charge in [-0.05, 0) is 38.3 Å². The maximum Gasteiger partial charge on any atom is 0.261 e. The lowest BCUT2D eigenvalue weighted by molar-refractivity contribution is 0.102. The molecule has 0 spiro atoms. The highest BCUT2D eigenvalue weighted by molar-refractivity contribution is 6.05. The first-order valence-corrected chi connectivity index (χ1v) is 10.7. The summed E-state index contributed by atoms with van der Waals surface area (Å²) in [5, 5.41) is 2.90. The molecule has 1 heterocycles. The van der Waals surface area contributed by atoms with E-state index in [0.717, 1.165) is 50.0 Å². The Bertz CT molecular complexity index is 809. The van der Waals surface area contributed by atoms with E-state index in [1.807, 2.05) is 37.3 Å². The van der Waals surface area contributed by atoms with Crippen molar-refractivity contribution in [2.45, 2.75) is 78.7 Å². The molecule has 0 radical (unpaired) electrons. The van der Waals surface area contributed by atoms with Crippen molar-refractivity contribution in [3.05, 3.63) is 63.6 Å². The van der Waals surface area contributed by atoms with Crippen molar-refractivity contribution >= 4 is 11.6 Å². The fourth-order valence-electron chi connectivity index (χ4n) is 3.60. The van der Waals surface area contributed by atoms with Gasteiger partial charge in [0.1, 0.15) is 5.56 Å². The Balaban J connectivity index is 2.37. The van der Waals surface area contributed by atoms with Crippen molar-refractivity contribution in [1.29, 1.82) is 0 Å². The molecule has 0 atom stereocenters. The summed E-state index contributed by atoms with van der Waals surface area (Å²) in [4.78, 5) is 25.8. The molecule has 0 saturated heterocycles. The highest BCUT2D eigenvalue weighted by atomic mass is 16.2. The van der Waals surface area contributed by atoms with Gasteiger partial charge in [-0.15, -0.1) is 0 Å². The van der Waals surface area contributed by atoms with Crippen LogP contribution in [0.25, 0.3) is 0 Å².